The van der Waals surface area contributed by atoms with E-state index in [1.807, 2.05) is 84.4 Å². The van der Waals surface area contributed by atoms with Crippen LogP contribution in [0.2, 0.25) is 0 Å². The number of ether oxygens (including phenoxy) is 1. The molecule has 0 aliphatic rings. The van der Waals surface area contributed by atoms with E-state index in [1.165, 1.54) is 0 Å². The summed E-state index contributed by atoms with van der Waals surface area (Å²) in [6.07, 6.45) is 5.44. The van der Waals surface area contributed by atoms with E-state index < -0.39 is 6.09 Å². The van der Waals surface area contributed by atoms with Crippen LogP contribution in [0.15, 0.2) is 78.3 Å². The van der Waals surface area contributed by atoms with E-state index in [-0.39, 0.29) is 6.61 Å². The number of imidazole rings is 1. The van der Waals surface area contributed by atoms with Gasteiger partial charge in [-0.25, -0.2) is 9.78 Å². The Balaban J connectivity index is 1.40. The molecule has 5 nitrogen and oxygen atoms in total. The lowest BCUT2D eigenvalue weighted by atomic mass is 10.1. The van der Waals surface area contributed by atoms with Crippen molar-refractivity contribution in [2.24, 2.45) is 0 Å². The van der Waals surface area contributed by atoms with Crippen molar-refractivity contribution < 1.29 is 9.53 Å². The van der Waals surface area contributed by atoms with Gasteiger partial charge in [0.05, 0.1) is 11.4 Å². The molecule has 140 valence electrons. The average Bonchev–Trinajstić information content (AvgIpc) is 3.33. The van der Waals surface area contributed by atoms with E-state index in [1.54, 1.807) is 11.3 Å². The molecule has 1 amide bonds. The predicted molar refractivity (Wildman–Crippen MR) is 112 cm³/mol. The van der Waals surface area contributed by atoms with Crippen molar-refractivity contribution in [3.05, 3.63) is 89.6 Å². The maximum atomic E-state index is 11.9. The fourth-order valence-corrected chi connectivity index (χ4v) is 3.58. The van der Waals surface area contributed by atoms with Crippen LogP contribution in [-0.2, 0) is 11.3 Å². The van der Waals surface area contributed by atoms with E-state index >= 15 is 0 Å². The predicted octanol–water partition coefficient (Wildman–Crippen LogP) is 5.00. The zero-order chi connectivity index (χ0) is 19.2. The summed E-state index contributed by atoms with van der Waals surface area (Å²) in [6.45, 7) is 0.631. The molecule has 0 saturated carbocycles. The molecule has 2 aromatic heterocycles. The highest BCUT2D eigenvalue weighted by atomic mass is 32.1. The Morgan fingerprint density at radius 2 is 1.86 bits per heavy atom. The Kier molecular flexibility index (Phi) is 5.49. The fraction of sp³-hybridized carbons (Fsp3) is 0.0909. The summed E-state index contributed by atoms with van der Waals surface area (Å²) >= 11 is 1.59. The number of benzene rings is 2. The van der Waals surface area contributed by atoms with Crippen LogP contribution in [0.3, 0.4) is 0 Å². The van der Waals surface area contributed by atoms with Gasteiger partial charge >= 0.3 is 6.09 Å². The second-order valence-electron chi connectivity index (χ2n) is 6.11. The number of hydrogen-bond acceptors (Lipinski definition) is 4. The van der Waals surface area contributed by atoms with E-state index in [9.17, 15) is 4.79 Å². The number of aromatic nitrogens is 2. The van der Waals surface area contributed by atoms with Gasteiger partial charge in [-0.05, 0) is 11.6 Å². The van der Waals surface area contributed by atoms with Crippen LogP contribution >= 0.6 is 11.3 Å². The van der Waals surface area contributed by atoms with Gasteiger partial charge in [0.15, 0.2) is 4.96 Å². The number of thiazole rings is 1. The second kappa shape index (κ2) is 8.54. The number of carbonyl (C=O) groups is 1. The smallest absolute Gasteiger partial charge is 0.407 e. The number of fused-ring (bicyclic) bond motifs is 1. The summed E-state index contributed by atoms with van der Waals surface area (Å²) in [6, 6.07) is 19.7. The van der Waals surface area contributed by atoms with Crippen molar-refractivity contribution in [2.45, 2.75) is 6.61 Å². The molecule has 4 rings (SSSR count). The van der Waals surface area contributed by atoms with Crippen LogP contribution in [0, 0.1) is 0 Å². The van der Waals surface area contributed by atoms with Crippen molar-refractivity contribution in [1.82, 2.24) is 14.7 Å². The van der Waals surface area contributed by atoms with Crippen molar-refractivity contribution in [3.63, 3.8) is 0 Å². The molecular weight excluding hydrogens is 370 g/mol. The molecule has 28 heavy (non-hydrogen) atoms. The molecule has 0 bridgehead atoms. The third kappa shape index (κ3) is 4.13. The van der Waals surface area contributed by atoms with Crippen molar-refractivity contribution in [3.8, 4) is 11.3 Å². The van der Waals surface area contributed by atoms with Crippen LogP contribution in [-0.4, -0.2) is 22.0 Å². The molecule has 6 heteroatoms. The number of nitrogens with one attached hydrogen (secondary N) is 1. The van der Waals surface area contributed by atoms with E-state index in [2.05, 4.69) is 9.72 Å². The van der Waals surface area contributed by atoms with Crippen LogP contribution in [0.4, 0.5) is 4.79 Å². The van der Waals surface area contributed by atoms with E-state index in [0.717, 1.165) is 27.5 Å². The van der Waals surface area contributed by atoms with Crippen molar-refractivity contribution in [2.75, 3.05) is 6.54 Å². The van der Waals surface area contributed by atoms with Crippen LogP contribution in [0.5, 0.6) is 0 Å². The van der Waals surface area contributed by atoms with Gasteiger partial charge in [-0.15, -0.1) is 11.3 Å². The number of nitrogens with zero attached hydrogens (tertiary/aromatic N) is 2. The number of rotatable bonds is 6. The summed E-state index contributed by atoms with van der Waals surface area (Å²) < 4.78 is 7.27. The number of hydrogen-bond donors (Lipinski definition) is 1. The molecule has 0 atom stereocenters. The standard InChI is InChI=1S/C22H19N3O2S/c26-22(27-16-17-8-3-1-4-9-17)23-13-7-12-19-20(18-10-5-2-6-11-18)24-21-25(19)14-15-28-21/h1-12,14-15H,13,16H2,(H,23,26). The van der Waals surface area contributed by atoms with Gasteiger partial charge in [-0.1, -0.05) is 66.7 Å². The molecule has 0 saturated heterocycles. The van der Waals surface area contributed by atoms with Crippen molar-refractivity contribution >= 4 is 28.5 Å². The van der Waals surface area contributed by atoms with Crippen LogP contribution in [0.25, 0.3) is 22.3 Å². The number of amides is 1. The van der Waals surface area contributed by atoms with Gasteiger partial charge in [0.25, 0.3) is 0 Å². The molecule has 2 heterocycles. The molecule has 1 N–H and O–H groups in total. The van der Waals surface area contributed by atoms with Gasteiger partial charge < -0.3 is 10.1 Å². The first kappa shape index (κ1) is 18.0. The highest BCUT2D eigenvalue weighted by Crippen LogP contribution is 2.27. The number of alkyl carbamates (subject to hydrolysis) is 1. The van der Waals surface area contributed by atoms with Crippen molar-refractivity contribution in [1.29, 1.82) is 0 Å². The molecule has 4 aromatic rings. The molecule has 0 radical (unpaired) electrons. The van der Waals surface area contributed by atoms with E-state index in [0.29, 0.717) is 6.54 Å². The Bertz CT molecular complexity index is 1080. The zero-order valence-corrected chi connectivity index (χ0v) is 15.9. The van der Waals surface area contributed by atoms with Crippen LogP contribution < -0.4 is 5.32 Å². The lowest BCUT2D eigenvalue weighted by Gasteiger charge is -2.05. The largest absolute Gasteiger partial charge is 0.445 e. The molecular formula is C22H19N3O2S. The average molecular weight is 389 g/mol. The maximum absolute atomic E-state index is 11.9. The Labute approximate surface area is 166 Å². The lowest BCUT2D eigenvalue weighted by Crippen LogP contribution is -2.24. The Morgan fingerprint density at radius 3 is 2.64 bits per heavy atom. The second-order valence-corrected chi connectivity index (χ2v) is 6.99. The lowest BCUT2D eigenvalue weighted by molar-refractivity contribution is 0.141. The first-order chi connectivity index (χ1) is 13.8. The molecule has 0 aliphatic heterocycles. The Morgan fingerprint density at radius 1 is 1.11 bits per heavy atom. The Hall–Kier alpha value is -3.38. The SMILES string of the molecule is O=C(NCC=Cc1c(-c2ccccc2)nc2sccn12)OCc1ccccc1. The molecule has 0 spiro atoms. The first-order valence-electron chi connectivity index (χ1n) is 8.93. The molecule has 0 unspecified atom stereocenters. The first-order valence-corrected chi connectivity index (χ1v) is 9.81. The molecule has 0 fully saturated rings. The van der Waals surface area contributed by atoms with Gasteiger partial charge in [-0.3, -0.25) is 4.40 Å². The highest BCUT2D eigenvalue weighted by molar-refractivity contribution is 7.15. The monoisotopic (exact) mass is 389 g/mol. The summed E-state index contributed by atoms with van der Waals surface area (Å²) in [7, 11) is 0. The summed E-state index contributed by atoms with van der Waals surface area (Å²) in [5, 5.41) is 4.75. The van der Waals surface area contributed by atoms with E-state index in [4.69, 9.17) is 9.72 Å². The zero-order valence-electron chi connectivity index (χ0n) is 15.1. The topological polar surface area (TPSA) is 55.6 Å². The summed E-state index contributed by atoms with van der Waals surface area (Å²) in [5.74, 6) is 0. The summed E-state index contributed by atoms with van der Waals surface area (Å²) in [5.41, 5.74) is 3.94. The quantitative estimate of drug-likeness (QED) is 0.505. The van der Waals surface area contributed by atoms with Gasteiger partial charge in [0, 0.05) is 23.7 Å². The highest BCUT2D eigenvalue weighted by Gasteiger charge is 2.12. The maximum Gasteiger partial charge on any atom is 0.407 e. The van der Waals surface area contributed by atoms with Gasteiger partial charge in [0.2, 0.25) is 0 Å². The van der Waals surface area contributed by atoms with Crippen LogP contribution in [0.1, 0.15) is 11.3 Å². The fourth-order valence-electron chi connectivity index (χ4n) is 2.86. The molecule has 0 aliphatic carbocycles. The minimum absolute atomic E-state index is 0.257. The third-order valence-corrected chi connectivity index (χ3v) is 4.96. The minimum Gasteiger partial charge on any atom is -0.445 e. The van der Waals surface area contributed by atoms with Gasteiger partial charge in [-0.2, -0.15) is 0 Å². The minimum atomic E-state index is -0.439. The summed E-state index contributed by atoms with van der Waals surface area (Å²) in [4.78, 5) is 17.5. The molecule has 2 aromatic carbocycles. The normalized spacial score (nSPS) is 11.1. The third-order valence-electron chi connectivity index (χ3n) is 4.20. The number of carbonyl (C=O) groups excluding carboxylic acids is 1. The van der Waals surface area contributed by atoms with Gasteiger partial charge in [0.1, 0.15) is 6.61 Å².